The summed E-state index contributed by atoms with van der Waals surface area (Å²) in [6.45, 7) is 2.21. The first-order chi connectivity index (χ1) is 11.8. The molecule has 2 aromatic rings. The Balaban J connectivity index is 1.48. The van der Waals surface area contributed by atoms with Crippen LogP contribution in [0.5, 0.6) is 0 Å². The van der Waals surface area contributed by atoms with Crippen LogP contribution in [0.25, 0.3) is 0 Å². The molecule has 2 aromatic heterocycles. The van der Waals surface area contributed by atoms with E-state index in [2.05, 4.69) is 20.9 Å². The lowest BCUT2D eigenvalue weighted by molar-refractivity contribution is -0.137. The Morgan fingerprint density at radius 3 is 2.92 bits per heavy atom. The molecule has 0 spiro atoms. The molecule has 0 bridgehead atoms. The van der Waals surface area contributed by atoms with Crippen LogP contribution in [-0.2, 0) is 4.79 Å². The second kappa shape index (κ2) is 6.70. The van der Waals surface area contributed by atoms with Crippen molar-refractivity contribution >= 4 is 5.91 Å². The van der Waals surface area contributed by atoms with Crippen LogP contribution in [0.15, 0.2) is 43.0 Å². The van der Waals surface area contributed by atoms with Crippen molar-refractivity contribution in [1.82, 2.24) is 30.5 Å². The molecule has 7 heteroatoms. The van der Waals surface area contributed by atoms with Crippen molar-refractivity contribution in [2.75, 3.05) is 19.6 Å². The zero-order valence-electron chi connectivity index (χ0n) is 13.5. The number of hydrogen-bond donors (Lipinski definition) is 2. The lowest BCUT2D eigenvalue weighted by atomic mass is 9.93. The summed E-state index contributed by atoms with van der Waals surface area (Å²) in [5.74, 6) is 0.120. The number of carbonyl (C=O) groups excluding carboxylic acids is 1. The lowest BCUT2D eigenvalue weighted by Gasteiger charge is -2.35. The highest BCUT2D eigenvalue weighted by atomic mass is 16.2. The van der Waals surface area contributed by atoms with Gasteiger partial charge in [-0.25, -0.2) is 5.43 Å². The van der Waals surface area contributed by atoms with Gasteiger partial charge in [0.05, 0.1) is 18.0 Å². The van der Waals surface area contributed by atoms with Gasteiger partial charge in [-0.15, -0.1) is 0 Å². The molecule has 2 saturated heterocycles. The fourth-order valence-electron chi connectivity index (χ4n) is 3.72. The number of likely N-dealkylation sites (tertiary alicyclic amines) is 1. The van der Waals surface area contributed by atoms with Gasteiger partial charge in [-0.3, -0.25) is 19.9 Å². The van der Waals surface area contributed by atoms with Crippen molar-refractivity contribution in [3.8, 4) is 0 Å². The van der Waals surface area contributed by atoms with Crippen molar-refractivity contribution in [2.24, 2.45) is 5.92 Å². The van der Waals surface area contributed by atoms with Crippen LogP contribution in [0.2, 0.25) is 0 Å². The van der Waals surface area contributed by atoms with E-state index in [0.717, 1.165) is 31.5 Å². The number of carbonyl (C=O) groups is 1. The minimum absolute atomic E-state index is 0.00872. The number of rotatable bonds is 3. The third-order valence-electron chi connectivity index (χ3n) is 4.97. The molecular weight excluding hydrogens is 304 g/mol. The summed E-state index contributed by atoms with van der Waals surface area (Å²) >= 11 is 0. The summed E-state index contributed by atoms with van der Waals surface area (Å²) in [4.78, 5) is 19.2. The maximum absolute atomic E-state index is 13.1. The summed E-state index contributed by atoms with van der Waals surface area (Å²) in [6, 6.07) is 6.14. The lowest BCUT2D eigenvalue weighted by Crippen LogP contribution is -2.45. The van der Waals surface area contributed by atoms with Crippen LogP contribution in [0.1, 0.15) is 30.5 Å². The van der Waals surface area contributed by atoms with E-state index in [1.54, 1.807) is 18.6 Å². The van der Waals surface area contributed by atoms with Crippen molar-refractivity contribution in [2.45, 2.75) is 24.9 Å². The minimum Gasteiger partial charge on any atom is -0.340 e. The second-order valence-electron chi connectivity index (χ2n) is 6.46. The van der Waals surface area contributed by atoms with E-state index in [-0.39, 0.29) is 23.9 Å². The molecule has 4 rings (SSSR count). The normalized spacial score (nSPS) is 27.3. The molecule has 2 N–H and O–H groups in total. The summed E-state index contributed by atoms with van der Waals surface area (Å²) in [6.07, 6.45) is 9.41. The predicted octanol–water partition coefficient (Wildman–Crippen LogP) is 0.907. The molecule has 2 fully saturated rings. The quantitative estimate of drug-likeness (QED) is 0.877. The molecule has 2 aliphatic rings. The van der Waals surface area contributed by atoms with E-state index in [4.69, 9.17) is 0 Å². The SMILES string of the molecule is O=C(C1CNNC1c1ccncc1)N1CCCC(n2cccn2)C1. The first kappa shape index (κ1) is 15.3. The molecule has 1 amide bonds. The Bertz CT molecular complexity index is 674. The van der Waals surface area contributed by atoms with Gasteiger partial charge < -0.3 is 4.90 Å². The zero-order chi connectivity index (χ0) is 16.4. The molecule has 4 heterocycles. The van der Waals surface area contributed by atoms with Crippen LogP contribution in [0, 0.1) is 5.92 Å². The van der Waals surface area contributed by atoms with Gasteiger partial charge in [-0.2, -0.15) is 5.10 Å². The molecule has 3 unspecified atom stereocenters. The van der Waals surface area contributed by atoms with E-state index in [0.29, 0.717) is 6.54 Å². The average Bonchev–Trinajstić information content (AvgIpc) is 3.34. The predicted molar refractivity (Wildman–Crippen MR) is 88.7 cm³/mol. The molecule has 7 nitrogen and oxygen atoms in total. The number of amides is 1. The van der Waals surface area contributed by atoms with Crippen molar-refractivity contribution in [3.63, 3.8) is 0 Å². The van der Waals surface area contributed by atoms with Crippen LogP contribution in [-0.4, -0.2) is 45.2 Å². The third kappa shape index (κ3) is 2.92. The van der Waals surface area contributed by atoms with E-state index in [1.807, 2.05) is 34.0 Å². The molecule has 0 aliphatic carbocycles. The molecule has 2 aliphatic heterocycles. The Hall–Kier alpha value is -2.25. The van der Waals surface area contributed by atoms with Crippen LogP contribution >= 0.6 is 0 Å². The molecule has 0 saturated carbocycles. The number of hydrogen-bond acceptors (Lipinski definition) is 5. The van der Waals surface area contributed by atoms with Gasteiger partial charge in [0.2, 0.25) is 5.91 Å². The van der Waals surface area contributed by atoms with Gasteiger partial charge in [-0.05, 0) is 36.6 Å². The summed E-state index contributed by atoms with van der Waals surface area (Å²) in [5, 5.41) is 4.34. The van der Waals surface area contributed by atoms with Crippen molar-refractivity contribution in [3.05, 3.63) is 48.5 Å². The fourth-order valence-corrected chi connectivity index (χ4v) is 3.72. The molecule has 0 aromatic carbocycles. The fraction of sp³-hybridized carbons (Fsp3) is 0.471. The monoisotopic (exact) mass is 326 g/mol. The molecule has 3 atom stereocenters. The van der Waals surface area contributed by atoms with Gasteiger partial charge in [0.1, 0.15) is 0 Å². The number of piperidine rings is 1. The van der Waals surface area contributed by atoms with Crippen molar-refractivity contribution < 1.29 is 4.79 Å². The number of nitrogens with one attached hydrogen (secondary N) is 2. The first-order valence-electron chi connectivity index (χ1n) is 8.49. The summed E-state index contributed by atoms with van der Waals surface area (Å²) in [7, 11) is 0. The minimum atomic E-state index is -0.0937. The van der Waals surface area contributed by atoms with Gasteiger partial charge >= 0.3 is 0 Å². The zero-order valence-corrected chi connectivity index (χ0v) is 13.5. The van der Waals surface area contributed by atoms with Crippen LogP contribution in [0.4, 0.5) is 0 Å². The molecule has 0 radical (unpaired) electrons. The molecular formula is C17H22N6O. The third-order valence-corrected chi connectivity index (χ3v) is 4.97. The Labute approximate surface area is 141 Å². The molecule has 126 valence electrons. The number of nitrogens with zero attached hydrogens (tertiary/aromatic N) is 4. The Morgan fingerprint density at radius 1 is 1.25 bits per heavy atom. The van der Waals surface area contributed by atoms with E-state index in [9.17, 15) is 4.79 Å². The highest BCUT2D eigenvalue weighted by Gasteiger charge is 2.38. The average molecular weight is 326 g/mol. The smallest absolute Gasteiger partial charge is 0.229 e. The topological polar surface area (TPSA) is 75.1 Å². The largest absolute Gasteiger partial charge is 0.340 e. The van der Waals surface area contributed by atoms with E-state index < -0.39 is 0 Å². The number of hydrazine groups is 1. The van der Waals surface area contributed by atoms with Gasteiger partial charge in [0.15, 0.2) is 0 Å². The number of pyridine rings is 1. The standard InChI is InChI=1S/C17H22N6O/c24-17(15-11-19-21-16(15)13-4-7-18-8-5-13)22-9-1-3-14(12-22)23-10-2-6-20-23/h2,4-8,10,14-16,19,21H,1,3,9,11-12H2. The van der Waals surface area contributed by atoms with Crippen LogP contribution in [0.3, 0.4) is 0 Å². The maximum atomic E-state index is 13.1. The first-order valence-corrected chi connectivity index (χ1v) is 8.49. The Kier molecular flexibility index (Phi) is 4.27. The van der Waals surface area contributed by atoms with E-state index >= 15 is 0 Å². The van der Waals surface area contributed by atoms with Gasteiger partial charge in [-0.1, -0.05) is 0 Å². The summed E-state index contributed by atoms with van der Waals surface area (Å²) < 4.78 is 1.98. The second-order valence-corrected chi connectivity index (χ2v) is 6.46. The van der Waals surface area contributed by atoms with Crippen molar-refractivity contribution in [1.29, 1.82) is 0 Å². The molecule has 24 heavy (non-hydrogen) atoms. The highest BCUT2D eigenvalue weighted by molar-refractivity contribution is 5.80. The Morgan fingerprint density at radius 2 is 2.12 bits per heavy atom. The van der Waals surface area contributed by atoms with Crippen LogP contribution < -0.4 is 10.9 Å². The maximum Gasteiger partial charge on any atom is 0.229 e. The van der Waals surface area contributed by atoms with Gasteiger partial charge in [0, 0.05) is 44.4 Å². The number of aromatic nitrogens is 3. The van der Waals surface area contributed by atoms with E-state index in [1.165, 1.54) is 0 Å². The summed E-state index contributed by atoms with van der Waals surface area (Å²) in [5.41, 5.74) is 7.47. The van der Waals surface area contributed by atoms with Gasteiger partial charge in [0.25, 0.3) is 0 Å². The highest BCUT2D eigenvalue weighted by Crippen LogP contribution is 2.29.